The lowest BCUT2D eigenvalue weighted by molar-refractivity contribution is -0.157. The average molecular weight is 284 g/mol. The second-order valence-electron chi connectivity index (χ2n) is 6.09. The molecular weight excluding hydrogens is 256 g/mol. The van der Waals surface area contributed by atoms with Gasteiger partial charge in [0.1, 0.15) is 13.2 Å². The monoisotopic (exact) mass is 284 g/mol. The van der Waals surface area contributed by atoms with Crippen LogP contribution in [0.4, 0.5) is 0 Å². The van der Waals surface area contributed by atoms with E-state index in [1.165, 1.54) is 12.8 Å². The van der Waals surface area contributed by atoms with Gasteiger partial charge in [0.15, 0.2) is 0 Å². The highest BCUT2D eigenvalue weighted by molar-refractivity contribution is 5.72. The van der Waals surface area contributed by atoms with Crippen molar-refractivity contribution in [3.63, 3.8) is 0 Å². The van der Waals surface area contributed by atoms with Crippen molar-refractivity contribution in [1.29, 1.82) is 0 Å². The topological polar surface area (TPSA) is 52.6 Å². The number of hydrogen-bond acceptors (Lipinski definition) is 4. The summed E-state index contributed by atoms with van der Waals surface area (Å²) in [7, 11) is 0. The molecule has 1 rings (SSSR count). The minimum absolute atomic E-state index is 0.0744. The van der Waals surface area contributed by atoms with E-state index in [0.717, 1.165) is 6.42 Å². The zero-order chi connectivity index (χ0) is 15.1. The summed E-state index contributed by atoms with van der Waals surface area (Å²) < 4.78 is 10.1. The fraction of sp³-hybridized carbons (Fsp3) is 0.875. The number of ether oxygens (including phenoxy) is 2. The van der Waals surface area contributed by atoms with E-state index in [4.69, 9.17) is 9.47 Å². The lowest BCUT2D eigenvalue weighted by Crippen LogP contribution is -2.32. The Morgan fingerprint density at radius 2 is 1.80 bits per heavy atom. The normalized spacial score (nSPS) is 27.7. The smallest absolute Gasteiger partial charge is 0.309 e. The van der Waals surface area contributed by atoms with Crippen molar-refractivity contribution in [1.82, 2.24) is 0 Å². The molecule has 1 aliphatic rings. The van der Waals surface area contributed by atoms with Crippen molar-refractivity contribution >= 4 is 11.9 Å². The number of hydrogen-bond donors (Lipinski definition) is 0. The molecule has 1 aliphatic carbocycles. The highest BCUT2D eigenvalue weighted by Gasteiger charge is 2.33. The minimum atomic E-state index is -0.260. The standard InChI is InChI=1S/C16H28O4/c1-5-15(17)19-8-9-20-16(18)13(4)14-10-11(2)6-7-12(14)3/h11-14H,5-10H2,1-4H3. The third-order valence-corrected chi connectivity index (χ3v) is 4.41. The largest absolute Gasteiger partial charge is 0.462 e. The first-order valence-electron chi connectivity index (χ1n) is 7.77. The Morgan fingerprint density at radius 1 is 1.15 bits per heavy atom. The molecule has 20 heavy (non-hydrogen) atoms. The molecule has 0 amide bonds. The molecular formula is C16H28O4. The second kappa shape index (κ2) is 8.28. The molecule has 0 aromatic heterocycles. The molecule has 4 atom stereocenters. The van der Waals surface area contributed by atoms with E-state index in [1.807, 2.05) is 6.92 Å². The Balaban J connectivity index is 2.32. The molecule has 116 valence electrons. The fourth-order valence-electron chi connectivity index (χ4n) is 2.98. The first kappa shape index (κ1) is 17.0. The average Bonchev–Trinajstić information content (AvgIpc) is 2.44. The molecule has 4 heteroatoms. The first-order chi connectivity index (χ1) is 9.45. The summed E-state index contributed by atoms with van der Waals surface area (Å²) >= 11 is 0. The van der Waals surface area contributed by atoms with Crippen LogP contribution in [0.5, 0.6) is 0 Å². The maximum absolute atomic E-state index is 12.0. The molecule has 0 N–H and O–H groups in total. The van der Waals surface area contributed by atoms with Crippen molar-refractivity contribution < 1.29 is 19.1 Å². The number of esters is 2. The van der Waals surface area contributed by atoms with E-state index in [1.54, 1.807) is 6.92 Å². The van der Waals surface area contributed by atoms with Crippen LogP contribution >= 0.6 is 0 Å². The van der Waals surface area contributed by atoms with Crippen LogP contribution in [0.15, 0.2) is 0 Å². The number of carbonyl (C=O) groups excluding carboxylic acids is 2. The van der Waals surface area contributed by atoms with Crippen LogP contribution in [0.1, 0.15) is 53.4 Å². The van der Waals surface area contributed by atoms with Crippen molar-refractivity contribution in [3.05, 3.63) is 0 Å². The molecule has 4 unspecified atom stereocenters. The molecule has 0 saturated heterocycles. The zero-order valence-electron chi connectivity index (χ0n) is 13.2. The van der Waals surface area contributed by atoms with Crippen molar-refractivity contribution in [2.24, 2.45) is 23.7 Å². The fourth-order valence-corrected chi connectivity index (χ4v) is 2.98. The predicted molar refractivity (Wildman–Crippen MR) is 77.0 cm³/mol. The Labute approximate surface area is 122 Å². The number of carbonyl (C=O) groups is 2. The van der Waals surface area contributed by atoms with Crippen LogP contribution in [-0.4, -0.2) is 25.2 Å². The van der Waals surface area contributed by atoms with Crippen LogP contribution in [0, 0.1) is 23.7 Å². The first-order valence-corrected chi connectivity index (χ1v) is 7.77. The SMILES string of the molecule is CCC(=O)OCCOC(=O)C(C)C1CC(C)CCC1C. The van der Waals surface area contributed by atoms with Gasteiger partial charge in [0, 0.05) is 6.42 Å². The molecule has 1 fully saturated rings. The number of rotatable bonds is 6. The van der Waals surface area contributed by atoms with Crippen molar-refractivity contribution in [2.75, 3.05) is 13.2 Å². The lowest BCUT2D eigenvalue weighted by Gasteiger charge is -2.35. The summed E-state index contributed by atoms with van der Waals surface area (Å²) in [6.45, 7) is 8.49. The van der Waals surface area contributed by atoms with E-state index >= 15 is 0 Å². The van der Waals surface area contributed by atoms with E-state index in [2.05, 4.69) is 13.8 Å². The summed E-state index contributed by atoms with van der Waals surface area (Å²) in [6.07, 6.45) is 3.90. The van der Waals surface area contributed by atoms with Crippen LogP contribution in [-0.2, 0) is 19.1 Å². The van der Waals surface area contributed by atoms with Crippen LogP contribution in [0.25, 0.3) is 0 Å². The molecule has 0 aromatic carbocycles. The summed E-state index contributed by atoms with van der Waals surface area (Å²) in [5.74, 6) is 1.18. The summed E-state index contributed by atoms with van der Waals surface area (Å²) in [5, 5.41) is 0. The van der Waals surface area contributed by atoms with E-state index in [9.17, 15) is 9.59 Å². The van der Waals surface area contributed by atoms with Gasteiger partial charge in [-0.05, 0) is 24.2 Å². The summed E-state index contributed by atoms with van der Waals surface area (Å²) in [6, 6.07) is 0. The minimum Gasteiger partial charge on any atom is -0.462 e. The van der Waals surface area contributed by atoms with Crippen LogP contribution in [0.2, 0.25) is 0 Å². The van der Waals surface area contributed by atoms with E-state index in [0.29, 0.717) is 24.2 Å². The van der Waals surface area contributed by atoms with Gasteiger partial charge in [-0.3, -0.25) is 9.59 Å². The van der Waals surface area contributed by atoms with Gasteiger partial charge in [0.2, 0.25) is 0 Å². The summed E-state index contributed by atoms with van der Waals surface area (Å²) in [4.78, 5) is 23.0. The molecule has 0 bridgehead atoms. The molecule has 0 spiro atoms. The van der Waals surface area contributed by atoms with Gasteiger partial charge in [0.25, 0.3) is 0 Å². The Morgan fingerprint density at radius 3 is 2.45 bits per heavy atom. The molecule has 0 heterocycles. The third-order valence-electron chi connectivity index (χ3n) is 4.41. The molecule has 0 aromatic rings. The maximum atomic E-state index is 12.0. The van der Waals surface area contributed by atoms with Gasteiger partial charge in [-0.1, -0.05) is 40.5 Å². The molecule has 4 nitrogen and oxygen atoms in total. The predicted octanol–water partition coefficient (Wildman–Crippen LogP) is 3.19. The van der Waals surface area contributed by atoms with E-state index < -0.39 is 0 Å². The van der Waals surface area contributed by atoms with Gasteiger partial charge >= 0.3 is 11.9 Å². The van der Waals surface area contributed by atoms with Gasteiger partial charge in [-0.2, -0.15) is 0 Å². The second-order valence-corrected chi connectivity index (χ2v) is 6.09. The highest BCUT2D eigenvalue weighted by atomic mass is 16.6. The van der Waals surface area contributed by atoms with Crippen LogP contribution < -0.4 is 0 Å². The zero-order valence-corrected chi connectivity index (χ0v) is 13.2. The maximum Gasteiger partial charge on any atom is 0.309 e. The Bertz CT molecular complexity index is 326. The molecule has 0 aliphatic heterocycles. The van der Waals surface area contributed by atoms with Crippen LogP contribution in [0.3, 0.4) is 0 Å². The Kier molecular flexibility index (Phi) is 7.03. The Hall–Kier alpha value is -1.06. The van der Waals surface area contributed by atoms with Crippen molar-refractivity contribution in [3.8, 4) is 0 Å². The van der Waals surface area contributed by atoms with E-state index in [-0.39, 0.29) is 31.1 Å². The third kappa shape index (κ3) is 5.14. The van der Waals surface area contributed by atoms with Gasteiger partial charge in [0.05, 0.1) is 5.92 Å². The van der Waals surface area contributed by atoms with Crippen molar-refractivity contribution in [2.45, 2.75) is 53.4 Å². The lowest BCUT2D eigenvalue weighted by atomic mass is 9.70. The summed E-state index contributed by atoms with van der Waals surface area (Å²) in [5.41, 5.74) is 0. The van der Waals surface area contributed by atoms with Gasteiger partial charge in [-0.25, -0.2) is 0 Å². The highest BCUT2D eigenvalue weighted by Crippen LogP contribution is 2.38. The quantitative estimate of drug-likeness (QED) is 0.555. The molecule has 0 radical (unpaired) electrons. The van der Waals surface area contributed by atoms with Gasteiger partial charge in [-0.15, -0.1) is 0 Å². The van der Waals surface area contributed by atoms with Gasteiger partial charge < -0.3 is 9.47 Å². The molecule has 1 saturated carbocycles.